The summed E-state index contributed by atoms with van der Waals surface area (Å²) in [6.07, 6.45) is 14.0. The van der Waals surface area contributed by atoms with Gasteiger partial charge in [-0.1, -0.05) is 52.4 Å². The van der Waals surface area contributed by atoms with E-state index in [-0.39, 0.29) is 5.97 Å². The number of unbranched alkanes of at least 4 members (excludes halogenated alkanes) is 6. The first-order chi connectivity index (χ1) is 16.2. The number of benzene rings is 1. The Kier molecular flexibility index (Phi) is 10.4. The molecule has 3 aromatic rings. The molecule has 6 heteroatoms. The molecular formula is C27H34N2O3S. The van der Waals surface area contributed by atoms with E-state index in [0.29, 0.717) is 28.8 Å². The minimum absolute atomic E-state index is 0.316. The predicted octanol–water partition coefficient (Wildman–Crippen LogP) is 7.51. The molecule has 33 heavy (non-hydrogen) atoms. The van der Waals surface area contributed by atoms with Crippen LogP contribution in [-0.2, 0) is 6.42 Å². The van der Waals surface area contributed by atoms with Crippen LogP contribution in [0.25, 0.3) is 11.4 Å². The van der Waals surface area contributed by atoms with E-state index in [1.807, 2.05) is 24.3 Å². The largest absolute Gasteiger partial charge is 0.490 e. The van der Waals surface area contributed by atoms with Crippen LogP contribution >= 0.6 is 11.3 Å². The number of carbonyl (C=O) groups excluding carboxylic acids is 1. The van der Waals surface area contributed by atoms with Crippen LogP contribution in [0.1, 0.15) is 79.8 Å². The fourth-order valence-electron chi connectivity index (χ4n) is 3.44. The fourth-order valence-corrected chi connectivity index (χ4v) is 4.36. The van der Waals surface area contributed by atoms with Crippen molar-refractivity contribution in [2.24, 2.45) is 0 Å². The molecule has 1 aromatic carbocycles. The van der Waals surface area contributed by atoms with Crippen molar-refractivity contribution in [2.75, 3.05) is 6.61 Å². The molecule has 0 N–H and O–H groups in total. The van der Waals surface area contributed by atoms with Gasteiger partial charge in [-0.2, -0.15) is 0 Å². The smallest absolute Gasteiger partial charge is 0.353 e. The highest BCUT2D eigenvalue weighted by atomic mass is 32.1. The lowest BCUT2D eigenvalue weighted by Gasteiger charge is -2.07. The number of aromatic nitrogens is 2. The van der Waals surface area contributed by atoms with Crippen LogP contribution in [0, 0.1) is 0 Å². The van der Waals surface area contributed by atoms with Gasteiger partial charge in [0, 0.05) is 10.4 Å². The van der Waals surface area contributed by atoms with E-state index in [2.05, 4.69) is 23.8 Å². The highest BCUT2D eigenvalue weighted by Crippen LogP contribution is 2.24. The van der Waals surface area contributed by atoms with Gasteiger partial charge in [-0.05, 0) is 55.7 Å². The van der Waals surface area contributed by atoms with Crippen molar-refractivity contribution in [3.8, 4) is 22.9 Å². The monoisotopic (exact) mass is 466 g/mol. The minimum Gasteiger partial charge on any atom is -0.490 e. The quantitative estimate of drug-likeness (QED) is 0.140. The molecule has 5 nitrogen and oxygen atoms in total. The normalized spacial score (nSPS) is 10.8. The van der Waals surface area contributed by atoms with Crippen LogP contribution < -0.4 is 9.47 Å². The lowest BCUT2D eigenvalue weighted by atomic mass is 10.1. The minimum atomic E-state index is -0.316. The molecule has 0 aliphatic heterocycles. The first-order valence-electron chi connectivity index (χ1n) is 12.1. The Hall–Kier alpha value is -2.73. The number of nitrogens with zero attached hydrogens (tertiary/aromatic N) is 2. The third-order valence-electron chi connectivity index (χ3n) is 5.36. The average molecular weight is 467 g/mol. The van der Waals surface area contributed by atoms with Crippen LogP contribution in [0.2, 0.25) is 0 Å². The van der Waals surface area contributed by atoms with Crippen molar-refractivity contribution in [2.45, 2.75) is 71.6 Å². The van der Waals surface area contributed by atoms with Gasteiger partial charge in [0.25, 0.3) is 0 Å². The zero-order chi connectivity index (χ0) is 23.3. The summed E-state index contributed by atoms with van der Waals surface area (Å²) in [5, 5.41) is 0. The summed E-state index contributed by atoms with van der Waals surface area (Å²) in [6, 6.07) is 11.2. The molecule has 0 atom stereocenters. The van der Waals surface area contributed by atoms with Crippen molar-refractivity contribution in [3.63, 3.8) is 0 Å². The van der Waals surface area contributed by atoms with Crippen molar-refractivity contribution in [3.05, 3.63) is 58.5 Å². The van der Waals surface area contributed by atoms with E-state index in [0.717, 1.165) is 18.4 Å². The van der Waals surface area contributed by atoms with Gasteiger partial charge in [-0.3, -0.25) is 0 Å². The average Bonchev–Trinajstić information content (AvgIpc) is 3.32. The number of esters is 1. The van der Waals surface area contributed by atoms with E-state index in [9.17, 15) is 4.79 Å². The highest BCUT2D eigenvalue weighted by Gasteiger charge is 2.12. The number of hydrogen-bond acceptors (Lipinski definition) is 6. The maximum atomic E-state index is 12.5. The third-order valence-corrected chi connectivity index (χ3v) is 6.48. The molecule has 0 amide bonds. The maximum absolute atomic E-state index is 12.5. The summed E-state index contributed by atoms with van der Waals surface area (Å²) in [7, 11) is 0. The van der Waals surface area contributed by atoms with E-state index in [4.69, 9.17) is 9.47 Å². The van der Waals surface area contributed by atoms with Crippen molar-refractivity contribution in [1.82, 2.24) is 9.97 Å². The van der Waals surface area contributed by atoms with Crippen LogP contribution in [0.15, 0.2) is 48.8 Å². The Balaban J connectivity index is 1.49. The van der Waals surface area contributed by atoms with Crippen LogP contribution in [-0.4, -0.2) is 22.5 Å². The standard InChI is InChI=1S/C27H34N2O3S/c1-3-5-7-9-11-24-16-17-25(33-24)27(30)32-22-14-12-21(13-15-22)26-28-19-23(20-29-26)31-18-10-8-6-4-2/h12-17,19-20H,3-11,18H2,1-2H3. The number of carbonyl (C=O) groups is 1. The summed E-state index contributed by atoms with van der Waals surface area (Å²) in [4.78, 5) is 23.2. The maximum Gasteiger partial charge on any atom is 0.353 e. The number of rotatable bonds is 14. The molecule has 0 aliphatic carbocycles. The van der Waals surface area contributed by atoms with Gasteiger partial charge >= 0.3 is 5.97 Å². The zero-order valence-electron chi connectivity index (χ0n) is 19.7. The second kappa shape index (κ2) is 13.7. The molecule has 2 aromatic heterocycles. The van der Waals surface area contributed by atoms with Crippen LogP contribution in [0.4, 0.5) is 0 Å². The highest BCUT2D eigenvalue weighted by molar-refractivity contribution is 7.13. The summed E-state index contributed by atoms with van der Waals surface area (Å²) in [6.45, 7) is 5.09. The summed E-state index contributed by atoms with van der Waals surface area (Å²) in [5.74, 6) is 1.48. The molecule has 2 heterocycles. The number of ether oxygens (including phenoxy) is 2. The third kappa shape index (κ3) is 8.28. The molecule has 0 unspecified atom stereocenters. The van der Waals surface area contributed by atoms with E-state index in [1.54, 1.807) is 24.5 Å². The first kappa shape index (κ1) is 24.9. The molecule has 176 valence electrons. The second-order valence-electron chi connectivity index (χ2n) is 8.14. The molecule has 0 aliphatic rings. The van der Waals surface area contributed by atoms with Crippen molar-refractivity contribution in [1.29, 1.82) is 0 Å². The zero-order valence-corrected chi connectivity index (χ0v) is 20.5. The van der Waals surface area contributed by atoms with Crippen molar-refractivity contribution < 1.29 is 14.3 Å². The summed E-state index contributed by atoms with van der Waals surface area (Å²) >= 11 is 1.52. The second-order valence-corrected chi connectivity index (χ2v) is 9.31. The summed E-state index contributed by atoms with van der Waals surface area (Å²) in [5.41, 5.74) is 0.856. The Bertz CT molecular complexity index is 968. The molecule has 0 saturated carbocycles. The molecule has 0 saturated heterocycles. The first-order valence-corrected chi connectivity index (χ1v) is 12.9. The van der Waals surface area contributed by atoms with Gasteiger partial charge in [0.1, 0.15) is 10.6 Å². The Morgan fingerprint density at radius 2 is 1.52 bits per heavy atom. The SMILES string of the molecule is CCCCCCOc1cnc(-c2ccc(OC(=O)c3ccc(CCCCCC)s3)cc2)nc1. The number of aryl methyl sites for hydroxylation is 1. The van der Waals surface area contributed by atoms with E-state index in [1.165, 1.54) is 61.2 Å². The topological polar surface area (TPSA) is 61.3 Å². The molecule has 0 fully saturated rings. The predicted molar refractivity (Wildman–Crippen MR) is 134 cm³/mol. The van der Waals surface area contributed by atoms with Gasteiger partial charge in [0.15, 0.2) is 11.6 Å². The Morgan fingerprint density at radius 3 is 2.21 bits per heavy atom. The Morgan fingerprint density at radius 1 is 0.818 bits per heavy atom. The van der Waals surface area contributed by atoms with Crippen molar-refractivity contribution >= 4 is 17.3 Å². The summed E-state index contributed by atoms with van der Waals surface area (Å²) < 4.78 is 11.3. The van der Waals surface area contributed by atoms with Crippen LogP contribution in [0.5, 0.6) is 11.5 Å². The molecule has 0 spiro atoms. The van der Waals surface area contributed by atoms with Gasteiger partial charge in [0.05, 0.1) is 19.0 Å². The molecule has 0 radical (unpaired) electrons. The van der Waals surface area contributed by atoms with E-state index < -0.39 is 0 Å². The van der Waals surface area contributed by atoms with Gasteiger partial charge in [-0.25, -0.2) is 14.8 Å². The Labute approximate surface area is 201 Å². The van der Waals surface area contributed by atoms with Gasteiger partial charge in [0.2, 0.25) is 0 Å². The van der Waals surface area contributed by atoms with E-state index >= 15 is 0 Å². The molecule has 3 rings (SSSR count). The lowest BCUT2D eigenvalue weighted by Crippen LogP contribution is -2.06. The fraction of sp³-hybridized carbons (Fsp3) is 0.444. The number of thiophene rings is 1. The number of hydrogen-bond donors (Lipinski definition) is 0. The molecule has 0 bridgehead atoms. The lowest BCUT2D eigenvalue weighted by molar-refractivity contribution is 0.0740. The van der Waals surface area contributed by atoms with Gasteiger partial charge in [-0.15, -0.1) is 11.3 Å². The van der Waals surface area contributed by atoms with Gasteiger partial charge < -0.3 is 9.47 Å². The van der Waals surface area contributed by atoms with Crippen LogP contribution in [0.3, 0.4) is 0 Å². The molecular weight excluding hydrogens is 432 g/mol.